The molecule has 0 N–H and O–H groups in total. The summed E-state index contributed by atoms with van der Waals surface area (Å²) in [7, 11) is 0. The Labute approximate surface area is 178 Å². The Kier molecular flexibility index (Phi) is 16.5. The minimum Gasteiger partial charge on any atom is -0.378 e. The second kappa shape index (κ2) is 17.8. The van der Waals surface area contributed by atoms with E-state index in [2.05, 4.69) is 32.6 Å². The second-order valence-corrected chi connectivity index (χ2v) is 9.57. The van der Waals surface area contributed by atoms with Gasteiger partial charge in [-0.05, 0) is 50.5 Å². The van der Waals surface area contributed by atoms with Crippen LogP contribution in [0.2, 0.25) is 0 Å². The van der Waals surface area contributed by atoms with E-state index in [1.807, 2.05) is 0 Å². The third-order valence-corrected chi connectivity index (χ3v) is 6.89. The largest absolute Gasteiger partial charge is 0.378 e. The fraction of sp³-hybridized carbons (Fsp3) is 1.00. The van der Waals surface area contributed by atoms with Gasteiger partial charge < -0.3 is 9.64 Å². The van der Waals surface area contributed by atoms with Gasteiger partial charge in [-0.3, -0.25) is 0 Å². The molecule has 0 aromatic heterocycles. The molecule has 2 heteroatoms. The summed E-state index contributed by atoms with van der Waals surface area (Å²) in [5, 5.41) is 0. The van der Waals surface area contributed by atoms with Gasteiger partial charge in [0, 0.05) is 19.7 Å². The van der Waals surface area contributed by atoms with Gasteiger partial charge in [-0.1, -0.05) is 91.9 Å². The lowest BCUT2D eigenvalue weighted by Gasteiger charge is -2.32. The first-order chi connectivity index (χ1) is 13.7. The molecule has 0 bridgehead atoms. The molecule has 0 aromatic rings. The zero-order chi connectivity index (χ0) is 20.5. The number of likely N-dealkylation sites (tertiary alicyclic amines) is 1. The summed E-state index contributed by atoms with van der Waals surface area (Å²) in [6.07, 6.45) is 21.1. The minimum absolute atomic E-state index is 0.533. The molecule has 1 aliphatic heterocycles. The van der Waals surface area contributed by atoms with Crippen LogP contribution in [-0.4, -0.2) is 37.2 Å². The summed E-state index contributed by atoms with van der Waals surface area (Å²) in [6.45, 7) is 14.2. The van der Waals surface area contributed by atoms with Gasteiger partial charge in [-0.25, -0.2) is 0 Å². The predicted molar refractivity (Wildman–Crippen MR) is 125 cm³/mol. The number of unbranched alkanes of at least 4 members (excludes halogenated alkanes) is 4. The van der Waals surface area contributed by atoms with Gasteiger partial charge >= 0.3 is 0 Å². The van der Waals surface area contributed by atoms with Crippen molar-refractivity contribution in [2.24, 2.45) is 11.8 Å². The second-order valence-electron chi connectivity index (χ2n) is 9.57. The van der Waals surface area contributed by atoms with Crippen molar-refractivity contribution >= 4 is 0 Å². The van der Waals surface area contributed by atoms with E-state index in [9.17, 15) is 0 Å². The summed E-state index contributed by atoms with van der Waals surface area (Å²) in [5.74, 6) is 1.86. The van der Waals surface area contributed by atoms with Crippen molar-refractivity contribution in [2.75, 3.05) is 26.2 Å². The molecule has 1 saturated heterocycles. The standard InChI is InChI=1S/C26H53NO/c1-5-8-9-10-16-25(7-3)17-11-12-20-27-21-18-26(19-22-27)28-23-13-15-24(4)14-6-2/h24-26H,5-23H2,1-4H3. The summed E-state index contributed by atoms with van der Waals surface area (Å²) in [4.78, 5) is 2.69. The molecule has 0 amide bonds. The van der Waals surface area contributed by atoms with E-state index in [0.717, 1.165) is 18.4 Å². The van der Waals surface area contributed by atoms with E-state index < -0.39 is 0 Å². The Balaban J connectivity index is 1.98. The lowest BCUT2D eigenvalue weighted by atomic mass is 9.93. The molecule has 1 rings (SSSR count). The number of nitrogens with zero attached hydrogens (tertiary/aromatic N) is 1. The summed E-state index contributed by atoms with van der Waals surface area (Å²) in [5.41, 5.74) is 0. The highest BCUT2D eigenvalue weighted by Gasteiger charge is 2.19. The van der Waals surface area contributed by atoms with Crippen LogP contribution in [0, 0.1) is 11.8 Å². The van der Waals surface area contributed by atoms with Gasteiger partial charge in [0.1, 0.15) is 0 Å². The topological polar surface area (TPSA) is 12.5 Å². The molecule has 1 fully saturated rings. The zero-order valence-electron chi connectivity index (χ0n) is 20.0. The highest BCUT2D eigenvalue weighted by atomic mass is 16.5. The third kappa shape index (κ3) is 13.2. The van der Waals surface area contributed by atoms with Crippen molar-refractivity contribution in [2.45, 2.75) is 130 Å². The van der Waals surface area contributed by atoms with E-state index in [1.165, 1.54) is 116 Å². The minimum atomic E-state index is 0.533. The van der Waals surface area contributed by atoms with Crippen molar-refractivity contribution in [1.82, 2.24) is 4.90 Å². The fourth-order valence-corrected chi connectivity index (χ4v) is 4.80. The van der Waals surface area contributed by atoms with Crippen LogP contribution in [-0.2, 0) is 4.74 Å². The van der Waals surface area contributed by atoms with Crippen LogP contribution in [0.5, 0.6) is 0 Å². The third-order valence-electron chi connectivity index (χ3n) is 6.89. The molecule has 28 heavy (non-hydrogen) atoms. The number of hydrogen-bond donors (Lipinski definition) is 0. The number of hydrogen-bond acceptors (Lipinski definition) is 2. The van der Waals surface area contributed by atoms with E-state index in [1.54, 1.807) is 0 Å². The maximum Gasteiger partial charge on any atom is 0.0599 e. The maximum atomic E-state index is 6.16. The average Bonchev–Trinajstić information content (AvgIpc) is 2.71. The van der Waals surface area contributed by atoms with Gasteiger partial charge in [-0.2, -0.15) is 0 Å². The van der Waals surface area contributed by atoms with Crippen LogP contribution in [0.3, 0.4) is 0 Å². The molecule has 168 valence electrons. The van der Waals surface area contributed by atoms with Crippen molar-refractivity contribution in [3.63, 3.8) is 0 Å². The molecule has 0 radical (unpaired) electrons. The van der Waals surface area contributed by atoms with Crippen molar-refractivity contribution < 1.29 is 4.74 Å². The van der Waals surface area contributed by atoms with Crippen LogP contribution in [0.4, 0.5) is 0 Å². The molecule has 2 nitrogen and oxygen atoms in total. The lowest BCUT2D eigenvalue weighted by Crippen LogP contribution is -2.37. The SMILES string of the molecule is CCCCCCC(CC)CCCCN1CCC(OCCCC(C)CCC)CC1. The normalized spacial score (nSPS) is 18.4. The predicted octanol–water partition coefficient (Wildman–Crippen LogP) is 7.85. The Hall–Kier alpha value is -0.0800. The van der Waals surface area contributed by atoms with Gasteiger partial charge in [0.25, 0.3) is 0 Å². The number of rotatable bonds is 18. The smallest absolute Gasteiger partial charge is 0.0599 e. The van der Waals surface area contributed by atoms with Crippen molar-refractivity contribution in [3.8, 4) is 0 Å². The average molecular weight is 396 g/mol. The van der Waals surface area contributed by atoms with Gasteiger partial charge in [-0.15, -0.1) is 0 Å². The molecule has 0 aromatic carbocycles. The Morgan fingerprint density at radius 2 is 1.50 bits per heavy atom. The van der Waals surface area contributed by atoms with Crippen LogP contribution >= 0.6 is 0 Å². The monoisotopic (exact) mass is 395 g/mol. The summed E-state index contributed by atoms with van der Waals surface area (Å²) in [6, 6.07) is 0. The highest BCUT2D eigenvalue weighted by Crippen LogP contribution is 2.21. The molecule has 1 heterocycles. The molecule has 2 unspecified atom stereocenters. The van der Waals surface area contributed by atoms with Gasteiger partial charge in [0.15, 0.2) is 0 Å². The van der Waals surface area contributed by atoms with E-state index in [-0.39, 0.29) is 0 Å². The highest BCUT2D eigenvalue weighted by molar-refractivity contribution is 4.73. The first kappa shape index (κ1) is 26.0. The van der Waals surface area contributed by atoms with Crippen molar-refractivity contribution in [1.29, 1.82) is 0 Å². The van der Waals surface area contributed by atoms with Crippen LogP contribution in [0.25, 0.3) is 0 Å². The Morgan fingerprint density at radius 3 is 2.14 bits per heavy atom. The number of ether oxygens (including phenoxy) is 1. The van der Waals surface area contributed by atoms with Crippen LogP contribution in [0.1, 0.15) is 124 Å². The molecule has 0 saturated carbocycles. The first-order valence-electron chi connectivity index (χ1n) is 13.0. The number of piperidine rings is 1. The molecule has 1 aliphatic rings. The van der Waals surface area contributed by atoms with E-state index in [0.29, 0.717) is 6.10 Å². The van der Waals surface area contributed by atoms with Crippen molar-refractivity contribution in [3.05, 3.63) is 0 Å². The quantitative estimate of drug-likeness (QED) is 0.219. The lowest BCUT2D eigenvalue weighted by molar-refractivity contribution is 0.00465. The van der Waals surface area contributed by atoms with Gasteiger partial charge in [0.2, 0.25) is 0 Å². The van der Waals surface area contributed by atoms with Gasteiger partial charge in [0.05, 0.1) is 6.10 Å². The first-order valence-corrected chi connectivity index (χ1v) is 13.0. The Bertz CT molecular complexity index is 324. The maximum absolute atomic E-state index is 6.16. The fourth-order valence-electron chi connectivity index (χ4n) is 4.80. The van der Waals surface area contributed by atoms with E-state index in [4.69, 9.17) is 4.74 Å². The Morgan fingerprint density at radius 1 is 0.786 bits per heavy atom. The molecular formula is C26H53NO. The van der Waals surface area contributed by atoms with Crippen LogP contribution in [0.15, 0.2) is 0 Å². The summed E-state index contributed by atoms with van der Waals surface area (Å²) >= 11 is 0. The molecule has 2 atom stereocenters. The molecule has 0 aliphatic carbocycles. The molecular weight excluding hydrogens is 342 g/mol. The summed E-state index contributed by atoms with van der Waals surface area (Å²) < 4.78 is 6.16. The zero-order valence-corrected chi connectivity index (χ0v) is 20.0. The van der Waals surface area contributed by atoms with Crippen LogP contribution < -0.4 is 0 Å². The molecule has 0 spiro atoms. The van der Waals surface area contributed by atoms with E-state index >= 15 is 0 Å².